The first-order valence-electron chi connectivity index (χ1n) is 7.50. The summed E-state index contributed by atoms with van der Waals surface area (Å²) < 4.78 is 50.1. The monoisotopic (exact) mass is 379 g/mol. The number of carbonyl (C=O) groups is 2. The van der Waals surface area contributed by atoms with Crippen molar-refractivity contribution < 1.29 is 42.1 Å². The van der Waals surface area contributed by atoms with Crippen LogP contribution in [0.5, 0.6) is 5.75 Å². The number of halogens is 3. The SMILES string of the molecule is CC(C)(C)OC(=O)NC(COCc1ccc(OC(F)(F)F)cc1)C(=O)O. The molecular formula is C16H20F3NO6. The number of ether oxygens (including phenoxy) is 3. The van der Waals surface area contributed by atoms with E-state index in [1.807, 2.05) is 0 Å². The fourth-order valence-corrected chi connectivity index (χ4v) is 1.71. The van der Waals surface area contributed by atoms with Crippen molar-refractivity contribution in [1.82, 2.24) is 5.32 Å². The van der Waals surface area contributed by atoms with Gasteiger partial charge >= 0.3 is 18.4 Å². The van der Waals surface area contributed by atoms with Crippen LogP contribution < -0.4 is 10.1 Å². The number of alkyl halides is 3. The molecule has 0 bridgehead atoms. The van der Waals surface area contributed by atoms with Gasteiger partial charge in [-0.15, -0.1) is 13.2 Å². The summed E-state index contributed by atoms with van der Waals surface area (Å²) in [5.74, 6) is -1.69. The number of benzene rings is 1. The zero-order valence-electron chi connectivity index (χ0n) is 14.4. The molecule has 1 aromatic rings. The normalized spacial score (nSPS) is 13.0. The van der Waals surface area contributed by atoms with E-state index in [2.05, 4.69) is 10.1 Å². The van der Waals surface area contributed by atoms with Crippen molar-refractivity contribution in [2.45, 2.75) is 45.4 Å². The first-order chi connectivity index (χ1) is 11.9. The van der Waals surface area contributed by atoms with Gasteiger partial charge in [-0.3, -0.25) is 0 Å². The van der Waals surface area contributed by atoms with Gasteiger partial charge in [0, 0.05) is 0 Å². The van der Waals surface area contributed by atoms with E-state index in [-0.39, 0.29) is 19.0 Å². The van der Waals surface area contributed by atoms with E-state index in [9.17, 15) is 22.8 Å². The smallest absolute Gasteiger partial charge is 0.480 e. The molecule has 0 aliphatic heterocycles. The fraction of sp³-hybridized carbons (Fsp3) is 0.500. The Morgan fingerprint density at radius 1 is 1.15 bits per heavy atom. The van der Waals surface area contributed by atoms with Crippen LogP contribution in [0.1, 0.15) is 26.3 Å². The number of rotatable bonds is 7. The maximum Gasteiger partial charge on any atom is 0.573 e. The molecule has 0 saturated carbocycles. The number of nitrogens with one attached hydrogen (secondary N) is 1. The van der Waals surface area contributed by atoms with E-state index in [0.29, 0.717) is 5.56 Å². The maximum atomic E-state index is 12.1. The Hall–Kier alpha value is -2.49. The van der Waals surface area contributed by atoms with Gasteiger partial charge in [0.25, 0.3) is 0 Å². The molecule has 0 aromatic heterocycles. The topological polar surface area (TPSA) is 94.1 Å². The molecule has 1 rings (SSSR count). The molecule has 2 N–H and O–H groups in total. The van der Waals surface area contributed by atoms with Gasteiger partial charge < -0.3 is 24.6 Å². The van der Waals surface area contributed by atoms with Gasteiger partial charge in [-0.05, 0) is 38.5 Å². The van der Waals surface area contributed by atoms with Crippen molar-refractivity contribution in [3.63, 3.8) is 0 Å². The van der Waals surface area contributed by atoms with E-state index in [0.717, 1.165) is 12.1 Å². The van der Waals surface area contributed by atoms with Crippen LogP contribution in [-0.4, -0.2) is 41.8 Å². The first-order valence-corrected chi connectivity index (χ1v) is 7.50. The molecule has 0 aliphatic rings. The van der Waals surface area contributed by atoms with Crippen LogP contribution in [-0.2, 0) is 20.9 Å². The maximum absolute atomic E-state index is 12.1. The second-order valence-electron chi connectivity index (χ2n) is 6.24. The van der Waals surface area contributed by atoms with E-state index < -0.39 is 30.1 Å². The van der Waals surface area contributed by atoms with Gasteiger partial charge in [0.2, 0.25) is 0 Å². The summed E-state index contributed by atoms with van der Waals surface area (Å²) in [5.41, 5.74) is -0.283. The third kappa shape index (κ3) is 9.11. The predicted molar refractivity (Wildman–Crippen MR) is 83.6 cm³/mol. The van der Waals surface area contributed by atoms with E-state index in [1.54, 1.807) is 20.8 Å². The Bertz CT molecular complexity index is 610. The zero-order chi connectivity index (χ0) is 20.0. The summed E-state index contributed by atoms with van der Waals surface area (Å²) in [6, 6.07) is 3.58. The summed E-state index contributed by atoms with van der Waals surface area (Å²) in [5, 5.41) is 11.3. The number of hydrogen-bond acceptors (Lipinski definition) is 5. The summed E-state index contributed by atoms with van der Waals surface area (Å²) in [6.45, 7) is 4.47. The van der Waals surface area contributed by atoms with Crippen molar-refractivity contribution in [3.8, 4) is 5.75 Å². The molecule has 0 aliphatic carbocycles. The molecule has 1 amide bonds. The Morgan fingerprint density at radius 3 is 2.19 bits per heavy atom. The quantitative estimate of drug-likeness (QED) is 0.756. The Kier molecular flexibility index (Phi) is 7.25. The third-order valence-corrected chi connectivity index (χ3v) is 2.70. The number of carboxylic acids is 1. The molecule has 10 heteroatoms. The van der Waals surface area contributed by atoms with Crippen molar-refractivity contribution in [2.24, 2.45) is 0 Å². The standard InChI is InChI=1S/C16H20F3NO6/c1-15(2,3)26-14(23)20-12(13(21)22)9-24-8-10-4-6-11(7-5-10)25-16(17,18)19/h4-7,12H,8-9H2,1-3H3,(H,20,23)(H,21,22). The second-order valence-corrected chi connectivity index (χ2v) is 6.24. The highest BCUT2D eigenvalue weighted by molar-refractivity contribution is 5.80. The number of alkyl carbamates (subject to hydrolysis) is 1. The average molecular weight is 379 g/mol. The Balaban J connectivity index is 2.50. The number of carbonyl (C=O) groups excluding carboxylic acids is 1. The molecule has 0 heterocycles. The molecule has 1 atom stereocenters. The molecular weight excluding hydrogens is 359 g/mol. The molecule has 0 radical (unpaired) electrons. The third-order valence-electron chi connectivity index (χ3n) is 2.70. The van der Waals surface area contributed by atoms with Crippen molar-refractivity contribution in [3.05, 3.63) is 29.8 Å². The first kappa shape index (κ1) is 21.6. The summed E-state index contributed by atoms with van der Waals surface area (Å²) >= 11 is 0. The molecule has 7 nitrogen and oxygen atoms in total. The minimum Gasteiger partial charge on any atom is -0.480 e. The van der Waals surface area contributed by atoms with Crippen molar-refractivity contribution in [1.29, 1.82) is 0 Å². The van der Waals surface area contributed by atoms with Gasteiger partial charge in [0.1, 0.15) is 11.4 Å². The van der Waals surface area contributed by atoms with E-state index in [4.69, 9.17) is 14.6 Å². The summed E-state index contributed by atoms with van der Waals surface area (Å²) in [4.78, 5) is 22.7. The van der Waals surface area contributed by atoms with E-state index in [1.165, 1.54) is 12.1 Å². The van der Waals surface area contributed by atoms with Gasteiger partial charge in [-0.2, -0.15) is 0 Å². The minimum atomic E-state index is -4.78. The van der Waals surface area contributed by atoms with Crippen molar-refractivity contribution in [2.75, 3.05) is 6.61 Å². The number of amides is 1. The van der Waals surface area contributed by atoms with Gasteiger partial charge in [0.05, 0.1) is 13.2 Å². The number of aliphatic carboxylic acids is 1. The van der Waals surface area contributed by atoms with E-state index >= 15 is 0 Å². The van der Waals surface area contributed by atoms with Crippen LogP contribution in [0.3, 0.4) is 0 Å². The fourth-order valence-electron chi connectivity index (χ4n) is 1.71. The lowest BCUT2D eigenvalue weighted by Crippen LogP contribution is -2.46. The van der Waals surface area contributed by atoms with Crippen LogP contribution in [0.2, 0.25) is 0 Å². The molecule has 0 spiro atoms. The molecule has 0 fully saturated rings. The zero-order valence-corrected chi connectivity index (χ0v) is 14.4. The Labute approximate surface area is 148 Å². The average Bonchev–Trinajstić information content (AvgIpc) is 2.44. The highest BCUT2D eigenvalue weighted by atomic mass is 19.4. The van der Waals surface area contributed by atoms with Crippen molar-refractivity contribution >= 4 is 12.1 Å². The van der Waals surface area contributed by atoms with Crippen LogP contribution in [0.15, 0.2) is 24.3 Å². The molecule has 146 valence electrons. The lowest BCUT2D eigenvalue weighted by Gasteiger charge is -2.22. The van der Waals surface area contributed by atoms with Crippen LogP contribution in [0, 0.1) is 0 Å². The van der Waals surface area contributed by atoms with Crippen LogP contribution >= 0.6 is 0 Å². The largest absolute Gasteiger partial charge is 0.573 e. The highest BCUT2D eigenvalue weighted by Crippen LogP contribution is 2.22. The second kappa shape index (κ2) is 8.75. The predicted octanol–water partition coefficient (Wildman–Crippen LogP) is 3.08. The molecule has 26 heavy (non-hydrogen) atoms. The van der Waals surface area contributed by atoms with Gasteiger partial charge in [-0.1, -0.05) is 12.1 Å². The minimum absolute atomic E-state index is 0.0634. The lowest BCUT2D eigenvalue weighted by molar-refractivity contribution is -0.274. The number of hydrogen-bond donors (Lipinski definition) is 2. The molecule has 1 aromatic carbocycles. The summed E-state index contributed by atoms with van der Waals surface area (Å²) in [6.07, 6.45) is -5.68. The number of carboxylic acid groups (broad SMARTS) is 1. The van der Waals surface area contributed by atoms with Gasteiger partial charge in [-0.25, -0.2) is 9.59 Å². The molecule has 0 saturated heterocycles. The molecule has 1 unspecified atom stereocenters. The highest BCUT2D eigenvalue weighted by Gasteiger charge is 2.31. The lowest BCUT2D eigenvalue weighted by atomic mass is 10.2. The van der Waals surface area contributed by atoms with Crippen LogP contribution in [0.4, 0.5) is 18.0 Å². The Morgan fingerprint density at radius 2 is 1.73 bits per heavy atom. The summed E-state index contributed by atoms with van der Waals surface area (Å²) in [7, 11) is 0. The van der Waals surface area contributed by atoms with Gasteiger partial charge in [0.15, 0.2) is 6.04 Å². The van der Waals surface area contributed by atoms with Crippen LogP contribution in [0.25, 0.3) is 0 Å².